The summed E-state index contributed by atoms with van der Waals surface area (Å²) in [6.45, 7) is 5.20. The van der Waals surface area contributed by atoms with Crippen LogP contribution in [0.1, 0.15) is 24.0 Å². The van der Waals surface area contributed by atoms with Gasteiger partial charge in [-0.1, -0.05) is 6.07 Å². The van der Waals surface area contributed by atoms with Crippen LogP contribution in [0, 0.1) is 5.92 Å². The predicted octanol–water partition coefficient (Wildman–Crippen LogP) is 1.52. The van der Waals surface area contributed by atoms with Gasteiger partial charge < -0.3 is 10.1 Å². The van der Waals surface area contributed by atoms with E-state index in [1.807, 2.05) is 4.68 Å². The Morgan fingerprint density at radius 3 is 3.04 bits per heavy atom. The van der Waals surface area contributed by atoms with Crippen LogP contribution in [0.15, 0.2) is 30.9 Å². The number of hydrogen-bond acceptors (Lipinski definition) is 5. The largest absolute Gasteiger partial charge is 0.496 e. The minimum absolute atomic E-state index is 0.671. The standard InChI is InChI=1S/C18H25N5O/c1-24-18-5-3-14(6-16(18)11-23-13-20-12-21-23)9-22-10-15-2-4-17(22)8-19-7-15/h3,5-6,12-13,15,17,19H,2,4,7-11H2,1H3/t15-,17+/m1/s1. The van der Waals surface area contributed by atoms with E-state index in [4.69, 9.17) is 4.74 Å². The minimum atomic E-state index is 0.671. The number of rotatable bonds is 5. The Kier molecular flexibility index (Phi) is 4.49. The number of piperidine rings is 1. The van der Waals surface area contributed by atoms with Crippen molar-refractivity contribution in [2.75, 3.05) is 26.7 Å². The van der Waals surface area contributed by atoms with Crippen molar-refractivity contribution in [3.05, 3.63) is 42.0 Å². The molecule has 0 saturated carbocycles. The van der Waals surface area contributed by atoms with Crippen LogP contribution in [0.5, 0.6) is 5.75 Å². The van der Waals surface area contributed by atoms with Gasteiger partial charge in [-0.15, -0.1) is 0 Å². The second-order valence-electron chi connectivity index (χ2n) is 6.92. The molecule has 5 rings (SSSR count). The van der Waals surface area contributed by atoms with Crippen LogP contribution in [0.4, 0.5) is 0 Å². The van der Waals surface area contributed by atoms with E-state index in [-0.39, 0.29) is 0 Å². The smallest absolute Gasteiger partial charge is 0.137 e. The lowest BCUT2D eigenvalue weighted by atomic mass is 9.94. The predicted molar refractivity (Wildman–Crippen MR) is 91.9 cm³/mol. The molecule has 6 heteroatoms. The molecule has 6 nitrogen and oxygen atoms in total. The summed E-state index contributed by atoms with van der Waals surface area (Å²) in [6.07, 6.45) is 6.00. The first-order valence-corrected chi connectivity index (χ1v) is 8.75. The Labute approximate surface area is 142 Å². The topological polar surface area (TPSA) is 55.2 Å². The zero-order valence-electron chi connectivity index (χ0n) is 14.2. The van der Waals surface area contributed by atoms with Crippen LogP contribution in [0.25, 0.3) is 0 Å². The van der Waals surface area contributed by atoms with Gasteiger partial charge in [-0.2, -0.15) is 5.10 Å². The molecule has 3 fully saturated rings. The van der Waals surface area contributed by atoms with E-state index in [9.17, 15) is 0 Å². The summed E-state index contributed by atoms with van der Waals surface area (Å²) in [7, 11) is 1.72. The first-order valence-electron chi connectivity index (χ1n) is 8.75. The van der Waals surface area contributed by atoms with Crippen molar-refractivity contribution in [3.63, 3.8) is 0 Å². The molecule has 3 saturated heterocycles. The molecule has 2 atom stereocenters. The lowest BCUT2D eigenvalue weighted by Gasteiger charge is -2.36. The van der Waals surface area contributed by atoms with Crippen LogP contribution < -0.4 is 10.1 Å². The van der Waals surface area contributed by atoms with Crippen molar-refractivity contribution in [1.82, 2.24) is 25.0 Å². The molecule has 3 aliphatic rings. The molecule has 2 bridgehead atoms. The Balaban J connectivity index is 1.53. The highest BCUT2D eigenvalue weighted by Crippen LogP contribution is 2.27. The van der Waals surface area contributed by atoms with E-state index in [1.165, 1.54) is 31.5 Å². The highest BCUT2D eigenvalue weighted by molar-refractivity contribution is 5.37. The summed E-state index contributed by atoms with van der Waals surface area (Å²) in [5, 5.41) is 7.81. The van der Waals surface area contributed by atoms with Crippen molar-refractivity contribution in [1.29, 1.82) is 0 Å². The molecule has 0 spiro atoms. The number of fused-ring (bicyclic) bond motifs is 4. The van der Waals surface area contributed by atoms with Crippen LogP contribution in [0.3, 0.4) is 0 Å². The molecule has 24 heavy (non-hydrogen) atoms. The van der Waals surface area contributed by atoms with Gasteiger partial charge in [-0.05, 0) is 43.0 Å². The normalized spacial score (nSPS) is 24.0. The molecule has 0 radical (unpaired) electrons. The van der Waals surface area contributed by atoms with Crippen molar-refractivity contribution >= 4 is 0 Å². The van der Waals surface area contributed by atoms with Gasteiger partial charge in [-0.25, -0.2) is 9.67 Å². The van der Waals surface area contributed by atoms with Gasteiger partial charge in [0.2, 0.25) is 0 Å². The van der Waals surface area contributed by atoms with E-state index in [0.29, 0.717) is 12.6 Å². The average molecular weight is 327 g/mol. The Morgan fingerprint density at radius 1 is 1.25 bits per heavy atom. The van der Waals surface area contributed by atoms with Crippen molar-refractivity contribution < 1.29 is 4.74 Å². The van der Waals surface area contributed by atoms with Crippen LogP contribution in [-0.4, -0.2) is 52.5 Å². The zero-order chi connectivity index (χ0) is 16.4. The molecule has 128 valence electrons. The van der Waals surface area contributed by atoms with E-state index in [0.717, 1.165) is 30.3 Å². The summed E-state index contributed by atoms with van der Waals surface area (Å²) in [6, 6.07) is 7.20. The Hall–Kier alpha value is -1.92. The lowest BCUT2D eigenvalue weighted by molar-refractivity contribution is 0.126. The monoisotopic (exact) mass is 327 g/mol. The zero-order valence-corrected chi connectivity index (χ0v) is 14.2. The molecule has 1 N–H and O–H groups in total. The van der Waals surface area contributed by atoms with Gasteiger partial charge in [0.05, 0.1) is 13.7 Å². The number of methoxy groups -OCH3 is 1. The molecular weight excluding hydrogens is 302 g/mol. The maximum absolute atomic E-state index is 5.52. The van der Waals surface area contributed by atoms with Crippen LogP contribution in [-0.2, 0) is 13.1 Å². The molecule has 1 aromatic heterocycles. The number of aromatic nitrogens is 3. The van der Waals surface area contributed by atoms with Gasteiger partial charge in [0.25, 0.3) is 0 Å². The lowest BCUT2D eigenvalue weighted by Crippen LogP contribution is -2.42. The van der Waals surface area contributed by atoms with Crippen LogP contribution >= 0.6 is 0 Å². The summed E-state index contributed by atoms with van der Waals surface area (Å²) in [5.74, 6) is 1.71. The summed E-state index contributed by atoms with van der Waals surface area (Å²) < 4.78 is 7.36. The fraction of sp³-hybridized carbons (Fsp3) is 0.556. The quantitative estimate of drug-likeness (QED) is 0.902. The number of nitrogens with zero attached hydrogens (tertiary/aromatic N) is 4. The van der Waals surface area contributed by atoms with Crippen LogP contribution in [0.2, 0.25) is 0 Å². The highest BCUT2D eigenvalue weighted by atomic mass is 16.5. The van der Waals surface area contributed by atoms with Crippen molar-refractivity contribution in [3.8, 4) is 5.75 Å². The second-order valence-corrected chi connectivity index (χ2v) is 6.92. The van der Waals surface area contributed by atoms with Gasteiger partial charge in [0.1, 0.15) is 18.4 Å². The Morgan fingerprint density at radius 2 is 2.21 bits per heavy atom. The Bertz CT molecular complexity index is 668. The summed E-state index contributed by atoms with van der Waals surface area (Å²) in [5.41, 5.74) is 2.50. The SMILES string of the molecule is COc1ccc(CN2C[C@@H]3CC[C@H]2CNC3)cc1Cn1cncn1. The first-order chi connectivity index (χ1) is 11.8. The van der Waals surface area contributed by atoms with Gasteiger partial charge in [-0.3, -0.25) is 4.90 Å². The molecule has 2 aromatic rings. The van der Waals surface area contributed by atoms with E-state index >= 15 is 0 Å². The summed E-state index contributed by atoms with van der Waals surface area (Å²) in [4.78, 5) is 6.67. The fourth-order valence-electron chi connectivity index (χ4n) is 4.01. The van der Waals surface area contributed by atoms with Crippen molar-refractivity contribution in [2.24, 2.45) is 5.92 Å². The third kappa shape index (κ3) is 3.30. The third-order valence-corrected chi connectivity index (χ3v) is 5.26. The summed E-state index contributed by atoms with van der Waals surface area (Å²) >= 11 is 0. The molecule has 0 unspecified atom stereocenters. The van der Waals surface area contributed by atoms with E-state index < -0.39 is 0 Å². The average Bonchev–Trinajstić information content (AvgIpc) is 2.90. The van der Waals surface area contributed by atoms with Gasteiger partial charge in [0, 0.05) is 31.2 Å². The van der Waals surface area contributed by atoms with Gasteiger partial charge in [0.15, 0.2) is 0 Å². The number of ether oxygens (including phenoxy) is 1. The third-order valence-electron chi connectivity index (χ3n) is 5.26. The number of benzene rings is 1. The first kappa shape index (κ1) is 15.6. The van der Waals surface area contributed by atoms with E-state index in [2.05, 4.69) is 38.5 Å². The minimum Gasteiger partial charge on any atom is -0.496 e. The van der Waals surface area contributed by atoms with Gasteiger partial charge >= 0.3 is 0 Å². The maximum Gasteiger partial charge on any atom is 0.137 e. The fourth-order valence-corrected chi connectivity index (χ4v) is 4.01. The highest BCUT2D eigenvalue weighted by Gasteiger charge is 2.31. The molecule has 4 heterocycles. The molecule has 0 aliphatic carbocycles. The van der Waals surface area contributed by atoms with Crippen molar-refractivity contribution in [2.45, 2.75) is 32.0 Å². The molecule has 1 aromatic carbocycles. The molecule has 3 aliphatic heterocycles. The maximum atomic E-state index is 5.52. The number of hydrogen-bond donors (Lipinski definition) is 1. The molecule has 0 amide bonds. The number of nitrogens with one attached hydrogen (secondary N) is 1. The van der Waals surface area contributed by atoms with E-state index in [1.54, 1.807) is 19.8 Å². The second kappa shape index (κ2) is 6.91. The molecular formula is C18H25N5O.